The van der Waals surface area contributed by atoms with Crippen LogP contribution in [0.2, 0.25) is 0 Å². The SMILES string of the molecule is COc1ccc(S(=O)(=O)NC2CCCC2O)cc1. The number of rotatable bonds is 4. The Morgan fingerprint density at radius 1 is 1.28 bits per heavy atom. The van der Waals surface area contributed by atoms with Crippen molar-refractivity contribution < 1.29 is 18.3 Å². The van der Waals surface area contributed by atoms with E-state index in [-0.39, 0.29) is 10.9 Å². The van der Waals surface area contributed by atoms with Crippen LogP contribution in [-0.2, 0) is 10.0 Å². The van der Waals surface area contributed by atoms with E-state index in [2.05, 4.69) is 4.72 Å². The lowest BCUT2D eigenvalue weighted by atomic mass is 10.2. The molecule has 0 bridgehead atoms. The maximum Gasteiger partial charge on any atom is 0.240 e. The van der Waals surface area contributed by atoms with Gasteiger partial charge in [0, 0.05) is 6.04 Å². The summed E-state index contributed by atoms with van der Waals surface area (Å²) < 4.78 is 31.7. The molecule has 1 fully saturated rings. The van der Waals surface area contributed by atoms with Gasteiger partial charge < -0.3 is 9.84 Å². The smallest absolute Gasteiger partial charge is 0.240 e. The second-order valence-corrected chi connectivity index (χ2v) is 6.12. The summed E-state index contributed by atoms with van der Waals surface area (Å²) in [5.74, 6) is 0.606. The van der Waals surface area contributed by atoms with Gasteiger partial charge >= 0.3 is 0 Å². The van der Waals surface area contributed by atoms with Crippen molar-refractivity contribution in [3.8, 4) is 5.75 Å². The Morgan fingerprint density at radius 3 is 2.44 bits per heavy atom. The molecule has 0 heterocycles. The van der Waals surface area contributed by atoms with E-state index in [9.17, 15) is 13.5 Å². The van der Waals surface area contributed by atoms with E-state index in [0.29, 0.717) is 18.6 Å². The molecule has 0 amide bonds. The molecule has 100 valence electrons. The zero-order chi connectivity index (χ0) is 13.2. The van der Waals surface area contributed by atoms with Crippen LogP contribution in [0.3, 0.4) is 0 Å². The first-order chi connectivity index (χ1) is 8.53. The summed E-state index contributed by atoms with van der Waals surface area (Å²) in [6.45, 7) is 0. The van der Waals surface area contributed by atoms with E-state index in [0.717, 1.165) is 6.42 Å². The van der Waals surface area contributed by atoms with Crippen molar-refractivity contribution in [2.75, 3.05) is 7.11 Å². The van der Waals surface area contributed by atoms with Gasteiger partial charge in [0.2, 0.25) is 10.0 Å². The van der Waals surface area contributed by atoms with Gasteiger partial charge in [-0.05, 0) is 43.5 Å². The summed E-state index contributed by atoms with van der Waals surface area (Å²) in [7, 11) is -2.04. The predicted octanol–water partition coefficient (Wildman–Crippen LogP) is 0.887. The van der Waals surface area contributed by atoms with Gasteiger partial charge in [0.15, 0.2) is 0 Å². The number of aliphatic hydroxyl groups excluding tert-OH is 1. The fourth-order valence-corrected chi connectivity index (χ4v) is 3.40. The number of aliphatic hydroxyl groups is 1. The van der Waals surface area contributed by atoms with E-state index in [1.54, 1.807) is 12.1 Å². The molecule has 0 saturated heterocycles. The fraction of sp³-hybridized carbons (Fsp3) is 0.500. The Labute approximate surface area is 107 Å². The Hall–Kier alpha value is -1.11. The van der Waals surface area contributed by atoms with E-state index >= 15 is 0 Å². The molecule has 1 aliphatic carbocycles. The van der Waals surface area contributed by atoms with Gasteiger partial charge in [0.25, 0.3) is 0 Å². The van der Waals surface area contributed by atoms with Gasteiger partial charge in [-0.2, -0.15) is 0 Å². The normalized spacial score (nSPS) is 24.1. The third-order valence-electron chi connectivity index (χ3n) is 3.16. The number of methoxy groups -OCH3 is 1. The van der Waals surface area contributed by atoms with E-state index in [4.69, 9.17) is 4.74 Å². The van der Waals surface area contributed by atoms with Crippen LogP contribution in [0.1, 0.15) is 19.3 Å². The molecule has 0 aromatic heterocycles. The largest absolute Gasteiger partial charge is 0.497 e. The van der Waals surface area contributed by atoms with Crippen LogP contribution < -0.4 is 9.46 Å². The number of ether oxygens (including phenoxy) is 1. The third-order valence-corrected chi connectivity index (χ3v) is 4.66. The quantitative estimate of drug-likeness (QED) is 0.852. The molecule has 1 saturated carbocycles. The van der Waals surface area contributed by atoms with Gasteiger partial charge in [0.1, 0.15) is 5.75 Å². The minimum atomic E-state index is -3.57. The van der Waals surface area contributed by atoms with E-state index < -0.39 is 16.1 Å². The van der Waals surface area contributed by atoms with E-state index in [1.165, 1.54) is 19.2 Å². The van der Waals surface area contributed by atoms with Gasteiger partial charge in [-0.15, -0.1) is 0 Å². The molecule has 6 heteroatoms. The average Bonchev–Trinajstić information content (AvgIpc) is 2.74. The molecule has 2 unspecified atom stereocenters. The Balaban J connectivity index is 2.14. The zero-order valence-corrected chi connectivity index (χ0v) is 11.0. The standard InChI is InChI=1S/C12H17NO4S/c1-17-9-5-7-10(8-6-9)18(15,16)13-11-3-2-4-12(11)14/h5-8,11-14H,2-4H2,1H3. The fourth-order valence-electron chi connectivity index (χ4n) is 2.10. The lowest BCUT2D eigenvalue weighted by molar-refractivity contribution is 0.159. The molecule has 2 N–H and O–H groups in total. The Bertz CT molecular complexity index is 497. The Kier molecular flexibility index (Phi) is 3.89. The van der Waals surface area contributed by atoms with Crippen molar-refractivity contribution in [1.82, 2.24) is 4.72 Å². The van der Waals surface area contributed by atoms with Crippen LogP contribution in [-0.4, -0.2) is 32.8 Å². The summed E-state index contributed by atoms with van der Waals surface area (Å²) in [6, 6.07) is 5.79. The predicted molar refractivity (Wildman–Crippen MR) is 67.0 cm³/mol. The van der Waals surface area contributed by atoms with Crippen molar-refractivity contribution >= 4 is 10.0 Å². The van der Waals surface area contributed by atoms with Crippen molar-refractivity contribution in [2.45, 2.75) is 36.3 Å². The van der Waals surface area contributed by atoms with Crippen molar-refractivity contribution in [3.05, 3.63) is 24.3 Å². The van der Waals surface area contributed by atoms with Gasteiger partial charge in [-0.3, -0.25) is 0 Å². The van der Waals surface area contributed by atoms with E-state index in [1.807, 2.05) is 0 Å². The summed E-state index contributed by atoms with van der Waals surface area (Å²) in [4.78, 5) is 0.183. The lowest BCUT2D eigenvalue weighted by Gasteiger charge is -2.16. The highest BCUT2D eigenvalue weighted by Gasteiger charge is 2.29. The van der Waals surface area contributed by atoms with Crippen LogP contribution >= 0.6 is 0 Å². The molecular formula is C12H17NO4S. The molecule has 0 aliphatic heterocycles. The topological polar surface area (TPSA) is 75.6 Å². The summed E-state index contributed by atoms with van der Waals surface area (Å²) in [6.07, 6.45) is 1.58. The second-order valence-electron chi connectivity index (χ2n) is 4.40. The first-order valence-electron chi connectivity index (χ1n) is 5.87. The Morgan fingerprint density at radius 2 is 1.94 bits per heavy atom. The third kappa shape index (κ3) is 2.82. The molecule has 2 rings (SSSR count). The van der Waals surface area contributed by atoms with Crippen LogP contribution in [0.15, 0.2) is 29.2 Å². The monoisotopic (exact) mass is 271 g/mol. The molecular weight excluding hydrogens is 254 g/mol. The summed E-state index contributed by atoms with van der Waals surface area (Å²) >= 11 is 0. The highest BCUT2D eigenvalue weighted by Crippen LogP contribution is 2.22. The second kappa shape index (κ2) is 5.26. The average molecular weight is 271 g/mol. The minimum absolute atomic E-state index is 0.183. The molecule has 2 atom stereocenters. The van der Waals surface area contributed by atoms with Crippen LogP contribution in [0.4, 0.5) is 0 Å². The first kappa shape index (κ1) is 13.3. The summed E-state index contributed by atoms with van der Waals surface area (Å²) in [5.41, 5.74) is 0. The van der Waals surface area contributed by atoms with Gasteiger partial charge in [0.05, 0.1) is 18.1 Å². The number of hydrogen-bond donors (Lipinski definition) is 2. The molecule has 18 heavy (non-hydrogen) atoms. The highest BCUT2D eigenvalue weighted by atomic mass is 32.2. The van der Waals surface area contributed by atoms with Crippen LogP contribution in [0.5, 0.6) is 5.75 Å². The highest BCUT2D eigenvalue weighted by molar-refractivity contribution is 7.89. The molecule has 5 nitrogen and oxygen atoms in total. The molecule has 0 spiro atoms. The van der Waals surface area contributed by atoms with Gasteiger partial charge in [-0.1, -0.05) is 0 Å². The lowest BCUT2D eigenvalue weighted by Crippen LogP contribution is -2.39. The van der Waals surface area contributed by atoms with Gasteiger partial charge in [-0.25, -0.2) is 13.1 Å². The zero-order valence-electron chi connectivity index (χ0n) is 10.2. The number of benzene rings is 1. The maximum absolute atomic E-state index is 12.1. The number of sulfonamides is 1. The first-order valence-corrected chi connectivity index (χ1v) is 7.36. The van der Waals surface area contributed by atoms with Crippen molar-refractivity contribution in [1.29, 1.82) is 0 Å². The number of nitrogens with one attached hydrogen (secondary N) is 1. The summed E-state index contributed by atoms with van der Waals surface area (Å²) in [5, 5.41) is 9.63. The van der Waals surface area contributed by atoms with Crippen LogP contribution in [0.25, 0.3) is 0 Å². The van der Waals surface area contributed by atoms with Crippen molar-refractivity contribution in [2.24, 2.45) is 0 Å². The maximum atomic E-state index is 12.1. The molecule has 0 radical (unpaired) electrons. The van der Waals surface area contributed by atoms with Crippen LogP contribution in [0, 0.1) is 0 Å². The van der Waals surface area contributed by atoms with Crippen molar-refractivity contribution in [3.63, 3.8) is 0 Å². The number of hydrogen-bond acceptors (Lipinski definition) is 4. The molecule has 1 aromatic rings. The minimum Gasteiger partial charge on any atom is -0.497 e. The molecule has 1 aliphatic rings. The molecule has 1 aromatic carbocycles.